The monoisotopic (exact) mass is 523 g/mol. The fraction of sp³-hybridized carbons (Fsp3) is 0.259. The molecule has 0 aliphatic rings. The summed E-state index contributed by atoms with van der Waals surface area (Å²) in [7, 11) is -3.77. The molecule has 1 heterocycles. The second-order valence-corrected chi connectivity index (χ2v) is 11.0. The van der Waals surface area contributed by atoms with Gasteiger partial charge in [-0.25, -0.2) is 8.42 Å². The van der Waals surface area contributed by atoms with Crippen molar-refractivity contribution in [3.63, 3.8) is 0 Å². The van der Waals surface area contributed by atoms with Crippen LogP contribution in [0.3, 0.4) is 0 Å². The van der Waals surface area contributed by atoms with E-state index in [2.05, 4.69) is 4.99 Å². The molecule has 4 rings (SSSR count). The maximum absolute atomic E-state index is 13.2. The van der Waals surface area contributed by atoms with Crippen LogP contribution in [0.2, 0.25) is 0 Å². The number of nitrogens with zero attached hydrogens (tertiary/aromatic N) is 3. The average molecular weight is 524 g/mol. The van der Waals surface area contributed by atoms with Crippen LogP contribution in [0, 0.1) is 6.92 Å². The molecule has 0 saturated heterocycles. The standard InChI is InChI=1S/C27H29N3O4S2/c1-4-30(22-11-7-6-8-12-22)36(32,33)23-16-14-21(15-17-23)26(31)28-27-29(18-19-34-5-2)25-20(3)10-9-13-24(25)35-27/h6-17H,4-5,18-19H2,1-3H3. The topological polar surface area (TPSA) is 81.0 Å². The molecular weight excluding hydrogens is 494 g/mol. The Bertz CT molecular complexity index is 1520. The van der Waals surface area contributed by atoms with Crippen LogP contribution >= 0.6 is 11.3 Å². The van der Waals surface area contributed by atoms with Crippen LogP contribution in [0.25, 0.3) is 10.2 Å². The fourth-order valence-corrected chi connectivity index (χ4v) is 6.64. The molecule has 0 N–H and O–H groups in total. The van der Waals surface area contributed by atoms with E-state index in [4.69, 9.17) is 4.74 Å². The molecule has 0 bridgehead atoms. The Labute approximate surface area is 215 Å². The van der Waals surface area contributed by atoms with Crippen molar-refractivity contribution in [2.75, 3.05) is 24.1 Å². The van der Waals surface area contributed by atoms with Gasteiger partial charge in [-0.3, -0.25) is 9.10 Å². The van der Waals surface area contributed by atoms with E-state index in [1.54, 1.807) is 31.2 Å². The minimum atomic E-state index is -3.77. The van der Waals surface area contributed by atoms with Crippen LogP contribution in [-0.4, -0.2) is 38.7 Å². The summed E-state index contributed by atoms with van der Waals surface area (Å²) >= 11 is 1.45. The summed E-state index contributed by atoms with van der Waals surface area (Å²) in [6.07, 6.45) is 0. The quantitative estimate of drug-likeness (QED) is 0.289. The minimum Gasteiger partial charge on any atom is -0.380 e. The zero-order valence-electron chi connectivity index (χ0n) is 20.5. The Hall–Kier alpha value is -3.27. The summed E-state index contributed by atoms with van der Waals surface area (Å²) in [5.74, 6) is -0.427. The highest BCUT2D eigenvalue weighted by Crippen LogP contribution is 2.24. The Morgan fingerprint density at radius 3 is 2.39 bits per heavy atom. The molecule has 0 saturated carbocycles. The zero-order chi connectivity index (χ0) is 25.7. The highest BCUT2D eigenvalue weighted by molar-refractivity contribution is 7.92. The molecule has 1 amide bonds. The summed E-state index contributed by atoms with van der Waals surface area (Å²) in [5.41, 5.74) is 3.05. The second kappa shape index (κ2) is 11.2. The number of aromatic nitrogens is 1. The third-order valence-electron chi connectivity index (χ3n) is 5.78. The lowest BCUT2D eigenvalue weighted by Crippen LogP contribution is -2.30. The number of aryl methyl sites for hydroxylation is 1. The van der Waals surface area contributed by atoms with Gasteiger partial charge in [0.2, 0.25) is 0 Å². The zero-order valence-corrected chi connectivity index (χ0v) is 22.2. The smallest absolute Gasteiger partial charge is 0.279 e. The molecule has 188 valence electrons. The van der Waals surface area contributed by atoms with Crippen molar-refractivity contribution >= 4 is 43.2 Å². The van der Waals surface area contributed by atoms with Crippen molar-refractivity contribution in [3.05, 3.63) is 88.7 Å². The number of rotatable bonds is 9. The lowest BCUT2D eigenvalue weighted by atomic mass is 10.2. The average Bonchev–Trinajstić information content (AvgIpc) is 3.23. The normalized spacial score (nSPS) is 12.2. The van der Waals surface area contributed by atoms with E-state index in [9.17, 15) is 13.2 Å². The van der Waals surface area contributed by atoms with E-state index < -0.39 is 15.9 Å². The SMILES string of the molecule is CCOCCn1c(=NC(=O)c2ccc(S(=O)(=O)N(CC)c3ccccc3)cc2)sc2cccc(C)c21. The maximum atomic E-state index is 13.2. The summed E-state index contributed by atoms with van der Waals surface area (Å²) < 4.78 is 36.4. The highest BCUT2D eigenvalue weighted by atomic mass is 32.2. The number of carbonyl (C=O) groups is 1. The molecule has 0 spiro atoms. The van der Waals surface area contributed by atoms with E-state index >= 15 is 0 Å². The van der Waals surface area contributed by atoms with Gasteiger partial charge in [-0.1, -0.05) is 41.7 Å². The van der Waals surface area contributed by atoms with E-state index in [1.807, 2.05) is 42.7 Å². The third-order valence-corrected chi connectivity index (χ3v) is 8.74. The molecule has 0 radical (unpaired) electrons. The molecule has 3 aromatic carbocycles. The number of thiazole rings is 1. The van der Waals surface area contributed by atoms with Crippen molar-refractivity contribution in [1.82, 2.24) is 4.57 Å². The summed E-state index contributed by atoms with van der Waals surface area (Å²) in [5, 5.41) is 0. The van der Waals surface area contributed by atoms with Crippen molar-refractivity contribution in [2.24, 2.45) is 4.99 Å². The number of sulfonamides is 1. The first-order chi connectivity index (χ1) is 17.4. The van der Waals surface area contributed by atoms with Gasteiger partial charge in [0.25, 0.3) is 15.9 Å². The first-order valence-electron chi connectivity index (χ1n) is 11.8. The lowest BCUT2D eigenvalue weighted by Gasteiger charge is -2.22. The third kappa shape index (κ3) is 5.28. The molecule has 36 heavy (non-hydrogen) atoms. The minimum absolute atomic E-state index is 0.119. The molecule has 0 aliphatic heterocycles. The van der Waals surface area contributed by atoms with Crippen molar-refractivity contribution in [3.8, 4) is 0 Å². The van der Waals surface area contributed by atoms with Gasteiger partial charge in [0.15, 0.2) is 4.80 Å². The number of ether oxygens (including phenoxy) is 1. The van der Waals surface area contributed by atoms with E-state index in [0.717, 1.165) is 15.8 Å². The van der Waals surface area contributed by atoms with Gasteiger partial charge in [-0.15, -0.1) is 0 Å². The Morgan fingerprint density at radius 1 is 1.00 bits per heavy atom. The Balaban J connectivity index is 1.66. The summed E-state index contributed by atoms with van der Waals surface area (Å²) in [4.78, 5) is 18.2. The Kier molecular flexibility index (Phi) is 8.03. The van der Waals surface area contributed by atoms with Gasteiger partial charge in [0, 0.05) is 25.3 Å². The molecule has 9 heteroatoms. The van der Waals surface area contributed by atoms with Gasteiger partial charge in [-0.05, 0) is 68.8 Å². The van der Waals surface area contributed by atoms with Gasteiger partial charge in [0.05, 0.1) is 27.4 Å². The summed E-state index contributed by atoms with van der Waals surface area (Å²) in [6, 6.07) is 20.9. The van der Waals surface area contributed by atoms with Crippen LogP contribution in [-0.2, 0) is 21.3 Å². The molecule has 0 fully saturated rings. The number of benzene rings is 3. The number of hydrogen-bond donors (Lipinski definition) is 0. The van der Waals surface area contributed by atoms with Crippen LogP contribution in [0.5, 0.6) is 0 Å². The van der Waals surface area contributed by atoms with Crippen LogP contribution in [0.1, 0.15) is 29.8 Å². The number of para-hydroxylation sites is 2. The van der Waals surface area contributed by atoms with Crippen LogP contribution in [0.15, 0.2) is 82.7 Å². The second-order valence-electron chi connectivity index (χ2n) is 8.10. The first kappa shape index (κ1) is 25.8. The number of anilines is 1. The van der Waals surface area contributed by atoms with Gasteiger partial charge >= 0.3 is 0 Å². The number of amides is 1. The van der Waals surface area contributed by atoms with E-state index in [1.165, 1.54) is 39.9 Å². The number of hydrogen-bond acceptors (Lipinski definition) is 5. The van der Waals surface area contributed by atoms with Crippen LogP contribution in [0.4, 0.5) is 5.69 Å². The lowest BCUT2D eigenvalue weighted by molar-refractivity contribution is 0.0996. The molecule has 4 aromatic rings. The molecule has 7 nitrogen and oxygen atoms in total. The van der Waals surface area contributed by atoms with E-state index in [-0.39, 0.29) is 11.4 Å². The van der Waals surface area contributed by atoms with Crippen LogP contribution < -0.4 is 9.11 Å². The maximum Gasteiger partial charge on any atom is 0.279 e. The van der Waals surface area contributed by atoms with Crippen molar-refractivity contribution < 1.29 is 17.9 Å². The van der Waals surface area contributed by atoms with Gasteiger partial charge in [0.1, 0.15) is 0 Å². The van der Waals surface area contributed by atoms with E-state index in [0.29, 0.717) is 35.8 Å². The largest absolute Gasteiger partial charge is 0.380 e. The Morgan fingerprint density at radius 2 is 1.72 bits per heavy atom. The molecule has 1 aromatic heterocycles. The van der Waals surface area contributed by atoms with Crippen molar-refractivity contribution in [2.45, 2.75) is 32.2 Å². The highest BCUT2D eigenvalue weighted by Gasteiger charge is 2.23. The fourth-order valence-electron chi connectivity index (χ4n) is 4.03. The van der Waals surface area contributed by atoms with Gasteiger partial charge in [-0.2, -0.15) is 4.99 Å². The number of carbonyl (C=O) groups excluding carboxylic acids is 1. The summed E-state index contributed by atoms with van der Waals surface area (Å²) in [6.45, 7) is 7.76. The van der Waals surface area contributed by atoms with Crippen molar-refractivity contribution in [1.29, 1.82) is 0 Å². The molecular formula is C27H29N3O4S2. The molecule has 0 aliphatic carbocycles. The predicted molar refractivity (Wildman–Crippen MR) is 144 cm³/mol. The predicted octanol–water partition coefficient (Wildman–Crippen LogP) is 5.00. The first-order valence-corrected chi connectivity index (χ1v) is 14.1. The molecule has 0 atom stereocenters. The number of fused-ring (bicyclic) bond motifs is 1. The van der Waals surface area contributed by atoms with Gasteiger partial charge < -0.3 is 9.30 Å². The molecule has 0 unspecified atom stereocenters.